The fraction of sp³-hybridized carbons (Fsp3) is 0.273. The van der Waals surface area contributed by atoms with Crippen LogP contribution in [0, 0.1) is 0 Å². The molecule has 0 spiro atoms. The van der Waals surface area contributed by atoms with Crippen LogP contribution in [-0.4, -0.2) is 22.7 Å². The summed E-state index contributed by atoms with van der Waals surface area (Å²) in [5.41, 5.74) is 1.43. The first-order valence-electron chi connectivity index (χ1n) is 4.60. The third kappa shape index (κ3) is 3.61. The van der Waals surface area contributed by atoms with E-state index in [1.165, 1.54) is 0 Å². The van der Waals surface area contributed by atoms with E-state index >= 15 is 0 Å². The molecule has 0 aliphatic rings. The van der Waals surface area contributed by atoms with Crippen LogP contribution in [-0.2, 0) is 22.4 Å². The Kier molecular flexibility index (Phi) is 4.96. The van der Waals surface area contributed by atoms with Crippen molar-refractivity contribution in [1.82, 2.24) is 0 Å². The zero-order valence-corrected chi connectivity index (χ0v) is 10.7. The second-order valence-corrected chi connectivity index (χ2v) is 4.37. The van der Waals surface area contributed by atoms with Gasteiger partial charge in [-0.15, -0.1) is 11.6 Å². The van der Waals surface area contributed by atoms with Crippen molar-refractivity contribution in [2.24, 2.45) is 0 Å². The first-order valence-corrected chi connectivity index (χ1v) is 5.93. The number of Topliss-reactive ketones (excluding diaryl/α,β-unsaturated/α-hetero) is 1. The SMILES string of the molecule is O=C(O)Cc1cccc(CC(=O)CCl)c1Br. The minimum absolute atomic E-state index is 0.0321. The van der Waals surface area contributed by atoms with E-state index in [1.807, 2.05) is 0 Å². The van der Waals surface area contributed by atoms with Crippen LogP contribution in [0.15, 0.2) is 22.7 Å². The highest BCUT2D eigenvalue weighted by molar-refractivity contribution is 9.10. The summed E-state index contributed by atoms with van der Waals surface area (Å²) in [6.07, 6.45) is 0.154. The molecule has 0 unspecified atom stereocenters. The van der Waals surface area contributed by atoms with E-state index in [-0.39, 0.29) is 24.5 Å². The summed E-state index contributed by atoms with van der Waals surface area (Å²) in [4.78, 5) is 21.8. The number of carboxylic acid groups (broad SMARTS) is 1. The number of halogens is 2. The first-order chi connectivity index (χ1) is 7.54. The van der Waals surface area contributed by atoms with Crippen LogP contribution in [0.25, 0.3) is 0 Å². The van der Waals surface area contributed by atoms with Crippen molar-refractivity contribution in [3.8, 4) is 0 Å². The van der Waals surface area contributed by atoms with Crippen molar-refractivity contribution >= 4 is 39.3 Å². The lowest BCUT2D eigenvalue weighted by Gasteiger charge is -2.07. The highest BCUT2D eigenvalue weighted by atomic mass is 79.9. The van der Waals surface area contributed by atoms with Gasteiger partial charge in [0, 0.05) is 10.9 Å². The van der Waals surface area contributed by atoms with Crippen molar-refractivity contribution in [3.63, 3.8) is 0 Å². The molecule has 3 nitrogen and oxygen atoms in total. The minimum atomic E-state index is -0.901. The molecule has 0 aliphatic carbocycles. The third-order valence-electron chi connectivity index (χ3n) is 2.04. The number of carboxylic acids is 1. The number of alkyl halides is 1. The maximum atomic E-state index is 11.2. The van der Waals surface area contributed by atoms with Crippen LogP contribution >= 0.6 is 27.5 Å². The van der Waals surface area contributed by atoms with Crippen LogP contribution in [0.4, 0.5) is 0 Å². The Morgan fingerprint density at radius 3 is 2.31 bits per heavy atom. The molecule has 0 aromatic heterocycles. The highest BCUT2D eigenvalue weighted by Gasteiger charge is 2.11. The average Bonchev–Trinajstić information content (AvgIpc) is 2.23. The zero-order valence-electron chi connectivity index (χ0n) is 8.37. The van der Waals surface area contributed by atoms with Gasteiger partial charge >= 0.3 is 5.97 Å². The van der Waals surface area contributed by atoms with Crippen molar-refractivity contribution in [1.29, 1.82) is 0 Å². The van der Waals surface area contributed by atoms with Gasteiger partial charge in [0.05, 0.1) is 12.3 Å². The normalized spacial score (nSPS) is 10.1. The molecule has 0 amide bonds. The number of hydrogen-bond donors (Lipinski definition) is 1. The Bertz CT molecular complexity index is 418. The second-order valence-electron chi connectivity index (χ2n) is 3.31. The highest BCUT2D eigenvalue weighted by Crippen LogP contribution is 2.23. The second kappa shape index (κ2) is 6.01. The topological polar surface area (TPSA) is 54.4 Å². The number of benzene rings is 1. The number of aliphatic carboxylic acids is 1. The van der Waals surface area contributed by atoms with Crippen molar-refractivity contribution in [2.75, 3.05) is 5.88 Å². The predicted octanol–water partition coefficient (Wildman–Crippen LogP) is 2.43. The smallest absolute Gasteiger partial charge is 0.307 e. The molecule has 0 saturated carbocycles. The number of ketones is 1. The average molecular weight is 306 g/mol. The molecule has 1 rings (SSSR count). The summed E-state index contributed by atoms with van der Waals surface area (Å²) in [5.74, 6) is -1.02. The summed E-state index contributed by atoms with van der Waals surface area (Å²) in [6.45, 7) is 0. The molecule has 0 saturated heterocycles. The van der Waals surface area contributed by atoms with Crippen LogP contribution < -0.4 is 0 Å². The molecule has 0 bridgehead atoms. The van der Waals surface area contributed by atoms with E-state index in [9.17, 15) is 9.59 Å². The van der Waals surface area contributed by atoms with Crippen molar-refractivity contribution in [3.05, 3.63) is 33.8 Å². The molecule has 5 heteroatoms. The summed E-state index contributed by atoms with van der Waals surface area (Å²) in [7, 11) is 0. The Hall–Kier alpha value is -0.870. The first kappa shape index (κ1) is 13.2. The minimum Gasteiger partial charge on any atom is -0.481 e. The van der Waals surface area contributed by atoms with E-state index in [1.54, 1.807) is 18.2 Å². The van der Waals surface area contributed by atoms with Crippen LogP contribution in [0.3, 0.4) is 0 Å². The van der Waals surface area contributed by atoms with E-state index in [4.69, 9.17) is 16.7 Å². The van der Waals surface area contributed by atoms with Crippen LogP contribution in [0.5, 0.6) is 0 Å². The van der Waals surface area contributed by atoms with Crippen molar-refractivity contribution < 1.29 is 14.7 Å². The molecule has 1 aromatic rings. The molecular formula is C11H10BrClO3. The Morgan fingerprint density at radius 2 is 1.81 bits per heavy atom. The van der Waals surface area contributed by atoms with Crippen LogP contribution in [0.1, 0.15) is 11.1 Å². The summed E-state index contributed by atoms with van der Waals surface area (Å²) < 4.78 is 0.677. The zero-order chi connectivity index (χ0) is 12.1. The van der Waals surface area contributed by atoms with Crippen LogP contribution in [0.2, 0.25) is 0 Å². The quantitative estimate of drug-likeness (QED) is 0.850. The van der Waals surface area contributed by atoms with Gasteiger partial charge in [-0.1, -0.05) is 34.1 Å². The number of carbonyl (C=O) groups is 2. The predicted molar refractivity (Wildman–Crippen MR) is 64.9 cm³/mol. The maximum Gasteiger partial charge on any atom is 0.307 e. The largest absolute Gasteiger partial charge is 0.481 e. The monoisotopic (exact) mass is 304 g/mol. The van der Waals surface area contributed by atoms with E-state index in [2.05, 4.69) is 15.9 Å². The lowest BCUT2D eigenvalue weighted by atomic mass is 10.0. The summed E-state index contributed by atoms with van der Waals surface area (Å²) in [6, 6.07) is 5.23. The van der Waals surface area contributed by atoms with Gasteiger partial charge in [-0.2, -0.15) is 0 Å². The summed E-state index contributed by atoms with van der Waals surface area (Å²) >= 11 is 8.73. The van der Waals surface area contributed by atoms with Gasteiger partial charge < -0.3 is 5.11 Å². The summed E-state index contributed by atoms with van der Waals surface area (Å²) in [5, 5.41) is 8.70. The van der Waals surface area contributed by atoms with Gasteiger partial charge in [0.25, 0.3) is 0 Å². The standard InChI is InChI=1S/C11H10BrClO3/c12-11-7(4-9(14)6-13)2-1-3-8(11)5-10(15)16/h1-3H,4-6H2,(H,15,16). The lowest BCUT2D eigenvalue weighted by molar-refractivity contribution is -0.136. The van der Waals surface area contributed by atoms with Gasteiger partial charge in [-0.05, 0) is 11.1 Å². The molecule has 0 radical (unpaired) electrons. The maximum absolute atomic E-state index is 11.2. The van der Waals surface area contributed by atoms with Crippen molar-refractivity contribution in [2.45, 2.75) is 12.8 Å². The van der Waals surface area contributed by atoms with Gasteiger partial charge in [0.15, 0.2) is 5.78 Å². The van der Waals surface area contributed by atoms with Gasteiger partial charge in [0.2, 0.25) is 0 Å². The van der Waals surface area contributed by atoms with E-state index in [0.29, 0.717) is 10.0 Å². The molecule has 1 aromatic carbocycles. The molecule has 0 aliphatic heterocycles. The Balaban J connectivity index is 2.94. The Labute approximate surface area is 107 Å². The molecule has 86 valence electrons. The molecule has 0 fully saturated rings. The molecular weight excluding hydrogens is 295 g/mol. The molecule has 0 atom stereocenters. The van der Waals surface area contributed by atoms with E-state index < -0.39 is 5.97 Å². The lowest BCUT2D eigenvalue weighted by Crippen LogP contribution is -2.07. The fourth-order valence-electron chi connectivity index (χ4n) is 1.33. The number of rotatable bonds is 5. The number of hydrogen-bond acceptors (Lipinski definition) is 2. The third-order valence-corrected chi connectivity index (χ3v) is 3.35. The Morgan fingerprint density at radius 1 is 1.25 bits per heavy atom. The number of carbonyl (C=O) groups excluding carboxylic acids is 1. The molecule has 1 N–H and O–H groups in total. The molecule has 0 heterocycles. The van der Waals surface area contributed by atoms with E-state index in [0.717, 1.165) is 5.56 Å². The van der Waals surface area contributed by atoms with Gasteiger partial charge in [-0.3, -0.25) is 9.59 Å². The molecule has 16 heavy (non-hydrogen) atoms. The van der Waals surface area contributed by atoms with Gasteiger partial charge in [-0.25, -0.2) is 0 Å². The van der Waals surface area contributed by atoms with Gasteiger partial charge in [0.1, 0.15) is 0 Å². The fourth-order valence-corrected chi connectivity index (χ4v) is 1.97.